The summed E-state index contributed by atoms with van der Waals surface area (Å²) in [7, 11) is 7.64. The van der Waals surface area contributed by atoms with Crippen molar-refractivity contribution in [3.8, 4) is 0 Å². The number of hydrogen-bond acceptors (Lipinski definition) is 2. The van der Waals surface area contributed by atoms with Gasteiger partial charge in [0.05, 0.1) is 0 Å². The summed E-state index contributed by atoms with van der Waals surface area (Å²) in [6.45, 7) is 4.65. The van der Waals surface area contributed by atoms with Gasteiger partial charge in [0.25, 0.3) is 0 Å². The molecule has 0 aromatic rings. The predicted molar refractivity (Wildman–Crippen MR) is 80.7 cm³/mol. The lowest BCUT2D eigenvalue weighted by atomic mass is 9.81. The van der Waals surface area contributed by atoms with Crippen molar-refractivity contribution in [2.45, 2.75) is 52.4 Å². The van der Waals surface area contributed by atoms with E-state index in [9.17, 15) is 0 Å². The van der Waals surface area contributed by atoms with Crippen molar-refractivity contribution in [3.05, 3.63) is 11.8 Å². The van der Waals surface area contributed by atoms with Crippen LogP contribution in [0.1, 0.15) is 52.4 Å². The number of nitrogens with zero attached hydrogens (tertiary/aromatic N) is 1. The molecule has 1 aliphatic rings. The van der Waals surface area contributed by atoms with Crippen LogP contribution < -0.4 is 0 Å². The van der Waals surface area contributed by atoms with E-state index in [4.69, 9.17) is 0 Å². The van der Waals surface area contributed by atoms with Crippen LogP contribution in [0.2, 0.25) is 0 Å². The summed E-state index contributed by atoms with van der Waals surface area (Å²) in [5.41, 5.74) is 1.59. The van der Waals surface area contributed by atoms with Crippen LogP contribution in [0.4, 0.5) is 0 Å². The average molecular weight is 255 g/mol. The molecule has 0 unspecified atom stereocenters. The quantitative estimate of drug-likeness (QED) is 0.742. The van der Waals surface area contributed by atoms with E-state index in [1.807, 2.05) is 0 Å². The van der Waals surface area contributed by atoms with Crippen molar-refractivity contribution in [2.24, 2.45) is 11.8 Å². The molecule has 0 saturated heterocycles. The molecule has 1 aliphatic carbocycles. The third kappa shape index (κ3) is 7.05. The SMILES string of the molecule is CCC/C=C(\C1CCC(C)CC1)N(C)C.COC. The van der Waals surface area contributed by atoms with Gasteiger partial charge in [-0.2, -0.15) is 0 Å². The normalized spacial score (nSPS) is 24.2. The van der Waals surface area contributed by atoms with Gasteiger partial charge in [-0.05, 0) is 31.1 Å². The highest BCUT2D eigenvalue weighted by atomic mass is 16.4. The summed E-state index contributed by atoms with van der Waals surface area (Å²) in [5.74, 6) is 1.79. The minimum absolute atomic E-state index is 0.836. The van der Waals surface area contributed by atoms with Gasteiger partial charge in [0, 0.05) is 34.0 Å². The minimum atomic E-state index is 0.836. The Hall–Kier alpha value is -0.500. The smallest absolute Gasteiger partial charge is 0.0351 e. The number of rotatable bonds is 4. The highest BCUT2D eigenvalue weighted by Gasteiger charge is 2.22. The first-order valence-corrected chi connectivity index (χ1v) is 7.34. The van der Waals surface area contributed by atoms with Crippen LogP contribution >= 0.6 is 0 Å². The largest absolute Gasteiger partial charge is 0.388 e. The molecule has 18 heavy (non-hydrogen) atoms. The minimum Gasteiger partial charge on any atom is -0.388 e. The van der Waals surface area contributed by atoms with Crippen molar-refractivity contribution in [1.29, 1.82) is 0 Å². The van der Waals surface area contributed by atoms with E-state index >= 15 is 0 Å². The van der Waals surface area contributed by atoms with E-state index in [1.54, 1.807) is 19.9 Å². The second-order valence-electron chi connectivity index (χ2n) is 5.68. The third-order valence-electron chi connectivity index (χ3n) is 3.59. The lowest BCUT2D eigenvalue weighted by Crippen LogP contribution is -2.23. The molecular weight excluding hydrogens is 222 g/mol. The fourth-order valence-electron chi connectivity index (χ4n) is 2.56. The molecule has 0 atom stereocenters. The monoisotopic (exact) mass is 255 g/mol. The molecule has 0 aromatic carbocycles. The number of unbranched alkanes of at least 4 members (excludes halogenated alkanes) is 1. The summed E-state index contributed by atoms with van der Waals surface area (Å²) in [4.78, 5) is 2.33. The Morgan fingerprint density at radius 1 is 1.17 bits per heavy atom. The zero-order valence-electron chi connectivity index (χ0n) is 13.3. The molecule has 2 heteroatoms. The number of methoxy groups -OCH3 is 1. The summed E-state index contributed by atoms with van der Waals surface area (Å²) < 4.78 is 4.25. The Balaban J connectivity index is 0.000000873. The molecule has 2 nitrogen and oxygen atoms in total. The van der Waals surface area contributed by atoms with Gasteiger partial charge < -0.3 is 9.64 Å². The van der Waals surface area contributed by atoms with E-state index in [0.717, 1.165) is 11.8 Å². The van der Waals surface area contributed by atoms with Crippen molar-refractivity contribution in [1.82, 2.24) is 4.90 Å². The van der Waals surface area contributed by atoms with Crippen molar-refractivity contribution >= 4 is 0 Å². The van der Waals surface area contributed by atoms with Crippen molar-refractivity contribution < 1.29 is 4.74 Å². The fourth-order valence-corrected chi connectivity index (χ4v) is 2.56. The molecule has 0 heterocycles. The fraction of sp³-hybridized carbons (Fsp3) is 0.875. The third-order valence-corrected chi connectivity index (χ3v) is 3.59. The van der Waals surface area contributed by atoms with E-state index in [0.29, 0.717) is 0 Å². The number of hydrogen-bond donors (Lipinski definition) is 0. The van der Waals surface area contributed by atoms with Crippen LogP contribution in [-0.2, 0) is 4.74 Å². The van der Waals surface area contributed by atoms with Gasteiger partial charge in [0.1, 0.15) is 0 Å². The highest BCUT2D eigenvalue weighted by Crippen LogP contribution is 2.33. The molecule has 0 aliphatic heterocycles. The maximum absolute atomic E-state index is 4.25. The molecule has 0 amide bonds. The number of allylic oxidation sites excluding steroid dienone is 2. The first-order valence-electron chi connectivity index (χ1n) is 7.34. The zero-order valence-corrected chi connectivity index (χ0v) is 13.3. The molecule has 0 N–H and O–H groups in total. The van der Waals surface area contributed by atoms with E-state index in [1.165, 1.54) is 38.5 Å². The Morgan fingerprint density at radius 3 is 2.06 bits per heavy atom. The summed E-state index contributed by atoms with van der Waals surface area (Å²) in [6, 6.07) is 0. The topological polar surface area (TPSA) is 12.5 Å². The van der Waals surface area contributed by atoms with Crippen LogP contribution in [0.25, 0.3) is 0 Å². The lowest BCUT2D eigenvalue weighted by Gasteiger charge is -2.32. The Morgan fingerprint density at radius 2 is 1.67 bits per heavy atom. The van der Waals surface area contributed by atoms with Gasteiger partial charge in [-0.15, -0.1) is 0 Å². The molecule has 1 saturated carbocycles. The zero-order chi connectivity index (χ0) is 14.0. The molecule has 108 valence electrons. The van der Waals surface area contributed by atoms with Crippen LogP contribution in [0.15, 0.2) is 11.8 Å². The highest BCUT2D eigenvalue weighted by molar-refractivity contribution is 5.05. The Kier molecular flexibility index (Phi) is 10.1. The Labute approximate surface area is 114 Å². The number of ether oxygens (including phenoxy) is 1. The lowest BCUT2D eigenvalue weighted by molar-refractivity contribution is 0.277. The van der Waals surface area contributed by atoms with Gasteiger partial charge in [-0.25, -0.2) is 0 Å². The standard InChI is InChI=1S/C14H27N.C2H6O/c1-5-6-7-14(15(3)4)13-10-8-12(2)9-11-13;1-3-2/h7,12-13H,5-6,8-11H2,1-4H3;1-2H3/b14-7+;. The second-order valence-corrected chi connectivity index (χ2v) is 5.68. The molecule has 0 radical (unpaired) electrons. The van der Waals surface area contributed by atoms with Gasteiger partial charge in [-0.3, -0.25) is 0 Å². The van der Waals surface area contributed by atoms with Crippen LogP contribution in [0.5, 0.6) is 0 Å². The second kappa shape index (κ2) is 10.4. The molecule has 0 spiro atoms. The van der Waals surface area contributed by atoms with E-state index in [-0.39, 0.29) is 0 Å². The van der Waals surface area contributed by atoms with Crippen LogP contribution in [0, 0.1) is 11.8 Å². The van der Waals surface area contributed by atoms with Gasteiger partial charge in [0.2, 0.25) is 0 Å². The van der Waals surface area contributed by atoms with Crippen molar-refractivity contribution in [3.63, 3.8) is 0 Å². The average Bonchev–Trinajstić information content (AvgIpc) is 2.32. The van der Waals surface area contributed by atoms with Crippen LogP contribution in [0.3, 0.4) is 0 Å². The summed E-state index contributed by atoms with van der Waals surface area (Å²) >= 11 is 0. The van der Waals surface area contributed by atoms with Gasteiger partial charge in [-0.1, -0.05) is 39.2 Å². The molecule has 1 fully saturated rings. The first-order chi connectivity index (χ1) is 8.56. The Bertz CT molecular complexity index is 215. The first kappa shape index (κ1) is 17.5. The molecule has 0 aromatic heterocycles. The predicted octanol–water partition coefficient (Wildman–Crippen LogP) is 4.32. The maximum atomic E-state index is 4.25. The molecular formula is C16H33NO. The summed E-state index contributed by atoms with van der Waals surface area (Å²) in [5, 5.41) is 0. The maximum Gasteiger partial charge on any atom is 0.0351 e. The van der Waals surface area contributed by atoms with Gasteiger partial charge in [0.15, 0.2) is 0 Å². The summed E-state index contributed by atoms with van der Waals surface area (Å²) in [6.07, 6.45) is 10.6. The van der Waals surface area contributed by atoms with E-state index < -0.39 is 0 Å². The van der Waals surface area contributed by atoms with Gasteiger partial charge >= 0.3 is 0 Å². The van der Waals surface area contributed by atoms with Crippen LogP contribution in [-0.4, -0.2) is 33.2 Å². The molecule has 1 rings (SSSR count). The van der Waals surface area contributed by atoms with E-state index in [2.05, 4.69) is 43.7 Å². The molecule has 0 bridgehead atoms. The van der Waals surface area contributed by atoms with Crippen molar-refractivity contribution in [2.75, 3.05) is 28.3 Å².